The molecule has 1 saturated carbocycles. The summed E-state index contributed by atoms with van der Waals surface area (Å²) in [4.78, 5) is 0. The van der Waals surface area contributed by atoms with E-state index in [1.54, 1.807) is 0 Å². The molecule has 0 amide bonds. The second-order valence-corrected chi connectivity index (χ2v) is 4.70. The Hall–Kier alpha value is 0.110. The Morgan fingerprint density at radius 3 is 2.10 bits per heavy atom. The monoisotopic (exact) mass is 161 g/mol. The average molecular weight is 161 g/mol. The molecule has 2 nitrogen and oxygen atoms in total. The van der Waals surface area contributed by atoms with E-state index < -0.39 is 15.8 Å². The molecule has 1 fully saturated rings. The van der Waals surface area contributed by atoms with Crippen LogP contribution in [0.3, 0.4) is 0 Å². The molecule has 0 bridgehead atoms. The summed E-state index contributed by atoms with van der Waals surface area (Å²) in [7, 11) is 0. The molecular weight excluding hydrogens is 148 g/mol. The molecule has 0 aromatic rings. The van der Waals surface area contributed by atoms with Crippen molar-refractivity contribution in [2.75, 3.05) is 0 Å². The summed E-state index contributed by atoms with van der Waals surface area (Å²) < 4.78 is 20.9. The quantitative estimate of drug-likeness (QED) is 0.548. The summed E-state index contributed by atoms with van der Waals surface area (Å²) >= 11 is -1.87. The van der Waals surface area contributed by atoms with E-state index in [-0.39, 0.29) is 0 Å². The van der Waals surface area contributed by atoms with Gasteiger partial charge < -0.3 is 4.55 Å². The Morgan fingerprint density at radius 2 is 1.80 bits per heavy atom. The van der Waals surface area contributed by atoms with E-state index in [1.807, 2.05) is 6.92 Å². The first-order valence-corrected chi connectivity index (χ1v) is 4.82. The first kappa shape index (κ1) is 8.21. The van der Waals surface area contributed by atoms with Gasteiger partial charge in [-0.05, 0) is 30.8 Å². The van der Waals surface area contributed by atoms with Crippen LogP contribution < -0.4 is 0 Å². The molecule has 1 aliphatic carbocycles. The van der Waals surface area contributed by atoms with Crippen molar-refractivity contribution in [3.05, 3.63) is 0 Å². The van der Waals surface area contributed by atoms with Gasteiger partial charge in [-0.1, -0.05) is 19.3 Å². The van der Waals surface area contributed by atoms with Crippen LogP contribution in [0.5, 0.6) is 0 Å². The maximum Gasteiger partial charge on any atom is 0.0299 e. The zero-order valence-corrected chi connectivity index (χ0v) is 7.08. The number of hydrogen-bond acceptors (Lipinski definition) is 2. The van der Waals surface area contributed by atoms with Crippen LogP contribution in [-0.2, 0) is 11.1 Å². The highest BCUT2D eigenvalue weighted by atomic mass is 32.2. The Morgan fingerprint density at radius 1 is 1.30 bits per heavy atom. The number of hydrogen-bond donors (Lipinski definition) is 0. The van der Waals surface area contributed by atoms with Gasteiger partial charge in [-0.3, -0.25) is 4.21 Å². The molecule has 0 saturated heterocycles. The van der Waals surface area contributed by atoms with Crippen LogP contribution in [0, 0.1) is 0 Å². The molecule has 0 heterocycles. The van der Waals surface area contributed by atoms with Crippen molar-refractivity contribution in [2.24, 2.45) is 0 Å². The van der Waals surface area contributed by atoms with Crippen LogP contribution >= 0.6 is 0 Å². The zero-order chi connectivity index (χ0) is 7.61. The summed E-state index contributed by atoms with van der Waals surface area (Å²) in [5, 5.41) is 0. The minimum absolute atomic E-state index is 0.405. The summed E-state index contributed by atoms with van der Waals surface area (Å²) in [6.45, 7) is 1.84. The van der Waals surface area contributed by atoms with Crippen LogP contribution in [-0.4, -0.2) is 13.5 Å². The molecule has 0 N–H and O–H groups in total. The van der Waals surface area contributed by atoms with Crippen molar-refractivity contribution in [3.8, 4) is 0 Å². The van der Waals surface area contributed by atoms with E-state index in [1.165, 1.54) is 6.42 Å². The standard InChI is InChI=1S/C7H14O2S/c1-7(10(8)9)5-3-2-4-6-7/h2-6H2,1H3,(H,8,9)/p-1. The molecule has 1 unspecified atom stereocenters. The van der Waals surface area contributed by atoms with Gasteiger partial charge in [-0.15, -0.1) is 0 Å². The largest absolute Gasteiger partial charge is 0.772 e. The summed E-state index contributed by atoms with van der Waals surface area (Å²) in [6, 6.07) is 0. The lowest BCUT2D eigenvalue weighted by Crippen LogP contribution is -2.32. The van der Waals surface area contributed by atoms with Gasteiger partial charge in [0.05, 0.1) is 0 Å². The van der Waals surface area contributed by atoms with E-state index in [2.05, 4.69) is 0 Å². The van der Waals surface area contributed by atoms with Crippen LogP contribution in [0.2, 0.25) is 0 Å². The highest BCUT2D eigenvalue weighted by Crippen LogP contribution is 2.31. The molecule has 1 rings (SSSR count). The van der Waals surface area contributed by atoms with Gasteiger partial charge in [0.2, 0.25) is 0 Å². The van der Waals surface area contributed by atoms with Gasteiger partial charge >= 0.3 is 0 Å². The van der Waals surface area contributed by atoms with Crippen LogP contribution in [0.25, 0.3) is 0 Å². The van der Waals surface area contributed by atoms with Crippen LogP contribution in [0.15, 0.2) is 0 Å². The van der Waals surface area contributed by atoms with E-state index >= 15 is 0 Å². The lowest BCUT2D eigenvalue weighted by Gasteiger charge is -2.35. The maximum atomic E-state index is 10.7. The number of rotatable bonds is 1. The van der Waals surface area contributed by atoms with Gasteiger partial charge in [0.1, 0.15) is 0 Å². The summed E-state index contributed by atoms with van der Waals surface area (Å²) in [6.07, 6.45) is 5.05. The molecule has 0 spiro atoms. The zero-order valence-electron chi connectivity index (χ0n) is 6.26. The molecular formula is C7H13O2S-. The van der Waals surface area contributed by atoms with Crippen molar-refractivity contribution >= 4 is 11.1 Å². The lowest BCUT2D eigenvalue weighted by atomic mass is 9.90. The first-order chi connectivity index (χ1) is 4.65. The molecule has 1 atom stereocenters. The topological polar surface area (TPSA) is 40.1 Å². The molecule has 1 aliphatic rings. The van der Waals surface area contributed by atoms with E-state index in [4.69, 9.17) is 0 Å². The minimum Gasteiger partial charge on any atom is -0.772 e. The van der Waals surface area contributed by atoms with Gasteiger partial charge in [0, 0.05) is 4.75 Å². The second-order valence-electron chi connectivity index (χ2n) is 3.25. The summed E-state index contributed by atoms with van der Waals surface area (Å²) in [5.41, 5.74) is 0. The van der Waals surface area contributed by atoms with E-state index in [9.17, 15) is 8.76 Å². The molecule has 10 heavy (non-hydrogen) atoms. The first-order valence-electron chi connectivity index (χ1n) is 3.74. The van der Waals surface area contributed by atoms with Gasteiger partial charge in [-0.25, -0.2) is 0 Å². The highest BCUT2D eigenvalue weighted by molar-refractivity contribution is 7.80. The average Bonchev–Trinajstić information content (AvgIpc) is 1.89. The van der Waals surface area contributed by atoms with Crippen molar-refractivity contribution < 1.29 is 8.76 Å². The van der Waals surface area contributed by atoms with E-state index in [0.717, 1.165) is 25.7 Å². The molecule has 0 radical (unpaired) electrons. The van der Waals surface area contributed by atoms with Gasteiger partial charge in [-0.2, -0.15) is 0 Å². The summed E-state index contributed by atoms with van der Waals surface area (Å²) in [5.74, 6) is 0. The van der Waals surface area contributed by atoms with Crippen LogP contribution in [0.1, 0.15) is 39.0 Å². The molecule has 0 aromatic carbocycles. The fourth-order valence-electron chi connectivity index (χ4n) is 1.47. The second kappa shape index (κ2) is 3.01. The Bertz CT molecular complexity index is 139. The third-order valence-corrected chi connectivity index (χ3v) is 3.53. The predicted molar refractivity (Wildman–Crippen MR) is 40.4 cm³/mol. The lowest BCUT2D eigenvalue weighted by molar-refractivity contribution is 0.381. The fraction of sp³-hybridized carbons (Fsp3) is 1.00. The Balaban J connectivity index is 2.56. The van der Waals surface area contributed by atoms with Crippen molar-refractivity contribution in [3.63, 3.8) is 0 Å². The fourth-order valence-corrected chi connectivity index (χ4v) is 2.09. The molecule has 3 heteroatoms. The third kappa shape index (κ3) is 1.58. The normalized spacial score (nSPS) is 27.8. The molecule has 0 aromatic heterocycles. The molecule has 0 aliphatic heterocycles. The van der Waals surface area contributed by atoms with E-state index in [0.29, 0.717) is 0 Å². The van der Waals surface area contributed by atoms with Crippen molar-refractivity contribution in [1.82, 2.24) is 0 Å². The van der Waals surface area contributed by atoms with Crippen molar-refractivity contribution in [1.29, 1.82) is 0 Å². The third-order valence-electron chi connectivity index (χ3n) is 2.31. The highest BCUT2D eigenvalue weighted by Gasteiger charge is 2.27. The SMILES string of the molecule is CC1(S(=O)[O-])CCCCC1. The van der Waals surface area contributed by atoms with Crippen molar-refractivity contribution in [2.45, 2.75) is 43.8 Å². The van der Waals surface area contributed by atoms with Gasteiger partial charge in [0.25, 0.3) is 0 Å². The van der Waals surface area contributed by atoms with Crippen LogP contribution in [0.4, 0.5) is 0 Å². The Kier molecular flexibility index (Phi) is 2.47. The van der Waals surface area contributed by atoms with Gasteiger partial charge in [0.15, 0.2) is 0 Å². The maximum absolute atomic E-state index is 10.7. The predicted octanol–water partition coefficient (Wildman–Crippen LogP) is 1.59. The minimum atomic E-state index is -1.87. The molecule has 60 valence electrons. The smallest absolute Gasteiger partial charge is 0.0299 e. The Labute approximate surface area is 64.3 Å².